The normalized spacial score (nSPS) is 11.0. The van der Waals surface area contributed by atoms with Crippen LogP contribution in [0.4, 0.5) is 0 Å². The van der Waals surface area contributed by atoms with E-state index in [4.69, 9.17) is 0 Å². The Hall–Kier alpha value is -3.97. The van der Waals surface area contributed by atoms with Crippen molar-refractivity contribution in [1.29, 1.82) is 0 Å². The van der Waals surface area contributed by atoms with E-state index in [0.29, 0.717) is 5.92 Å². The van der Waals surface area contributed by atoms with Crippen molar-refractivity contribution in [2.45, 2.75) is 19.8 Å². The molecule has 0 unspecified atom stereocenters. The van der Waals surface area contributed by atoms with Crippen molar-refractivity contribution < 1.29 is 0 Å². The van der Waals surface area contributed by atoms with Crippen LogP contribution in [0, 0.1) is 0 Å². The highest BCUT2D eigenvalue weighted by atomic mass is 14.7. The van der Waals surface area contributed by atoms with E-state index in [1.54, 1.807) is 0 Å². The molecule has 0 saturated carbocycles. The molecule has 0 aliphatic heterocycles. The van der Waals surface area contributed by atoms with E-state index in [9.17, 15) is 0 Å². The van der Waals surface area contributed by atoms with E-state index < -0.39 is 0 Å². The van der Waals surface area contributed by atoms with Crippen LogP contribution in [0.25, 0.3) is 44.6 Å². The number of aromatic nitrogens is 1. The van der Waals surface area contributed by atoms with Crippen molar-refractivity contribution in [3.05, 3.63) is 127 Å². The second kappa shape index (κ2) is 9.26. The van der Waals surface area contributed by atoms with Crippen molar-refractivity contribution in [3.8, 4) is 44.6 Å². The molecule has 0 bridgehead atoms. The number of pyridine rings is 1. The summed E-state index contributed by atoms with van der Waals surface area (Å²) in [4.78, 5) is 4.59. The average Bonchev–Trinajstić information content (AvgIpc) is 2.89. The molecule has 33 heavy (non-hydrogen) atoms. The van der Waals surface area contributed by atoms with Gasteiger partial charge in [-0.25, -0.2) is 0 Å². The Bertz CT molecular complexity index is 1300. The molecule has 0 saturated heterocycles. The standard InChI is InChI=1S/C32H27N/c1-23(2)30-17-16-26(32-15-9-10-18-33-32)22-31(30)29-20-27(24-11-5-3-6-12-24)19-28(21-29)25-13-7-4-8-14-25/h3-23H,1-2H3. The zero-order valence-corrected chi connectivity index (χ0v) is 19.1. The number of hydrogen-bond donors (Lipinski definition) is 0. The molecule has 1 heteroatoms. The van der Waals surface area contributed by atoms with Gasteiger partial charge in [-0.3, -0.25) is 4.98 Å². The summed E-state index contributed by atoms with van der Waals surface area (Å²) >= 11 is 0. The number of benzene rings is 4. The Balaban J connectivity index is 1.74. The van der Waals surface area contributed by atoms with Crippen LogP contribution in [-0.2, 0) is 0 Å². The second-order valence-corrected chi connectivity index (χ2v) is 8.70. The van der Waals surface area contributed by atoms with Crippen LogP contribution in [-0.4, -0.2) is 4.98 Å². The number of nitrogens with zero attached hydrogens (tertiary/aromatic N) is 1. The van der Waals surface area contributed by atoms with Gasteiger partial charge >= 0.3 is 0 Å². The Morgan fingerprint density at radius 2 is 1.06 bits per heavy atom. The molecule has 1 heterocycles. The van der Waals surface area contributed by atoms with E-state index in [0.717, 1.165) is 11.3 Å². The van der Waals surface area contributed by atoms with Crippen molar-refractivity contribution in [3.63, 3.8) is 0 Å². The molecule has 0 atom stereocenters. The summed E-state index contributed by atoms with van der Waals surface area (Å²) in [5.41, 5.74) is 10.9. The fourth-order valence-electron chi connectivity index (χ4n) is 4.38. The summed E-state index contributed by atoms with van der Waals surface area (Å²) in [6.07, 6.45) is 1.86. The third-order valence-corrected chi connectivity index (χ3v) is 6.09. The minimum Gasteiger partial charge on any atom is -0.256 e. The molecule has 0 aliphatic rings. The maximum atomic E-state index is 4.59. The molecular formula is C32H27N. The number of hydrogen-bond acceptors (Lipinski definition) is 1. The van der Waals surface area contributed by atoms with Gasteiger partial charge < -0.3 is 0 Å². The fourth-order valence-corrected chi connectivity index (χ4v) is 4.38. The monoisotopic (exact) mass is 425 g/mol. The Morgan fingerprint density at radius 1 is 0.485 bits per heavy atom. The molecule has 160 valence electrons. The van der Waals surface area contributed by atoms with Gasteiger partial charge in [0.25, 0.3) is 0 Å². The Morgan fingerprint density at radius 3 is 1.61 bits per heavy atom. The second-order valence-electron chi connectivity index (χ2n) is 8.70. The van der Waals surface area contributed by atoms with Crippen LogP contribution in [0.2, 0.25) is 0 Å². The van der Waals surface area contributed by atoms with Crippen molar-refractivity contribution in [2.75, 3.05) is 0 Å². The van der Waals surface area contributed by atoms with Crippen LogP contribution in [0.1, 0.15) is 25.3 Å². The molecule has 5 rings (SSSR count). The largest absolute Gasteiger partial charge is 0.256 e. The van der Waals surface area contributed by atoms with Gasteiger partial charge in [-0.15, -0.1) is 0 Å². The third kappa shape index (κ3) is 4.49. The maximum Gasteiger partial charge on any atom is 0.0702 e. The van der Waals surface area contributed by atoms with Gasteiger partial charge in [0.15, 0.2) is 0 Å². The van der Waals surface area contributed by atoms with Gasteiger partial charge in [-0.1, -0.05) is 92.7 Å². The van der Waals surface area contributed by atoms with E-state index in [-0.39, 0.29) is 0 Å². The minimum atomic E-state index is 0.415. The Kier molecular flexibility index (Phi) is 5.87. The van der Waals surface area contributed by atoms with Gasteiger partial charge in [-0.2, -0.15) is 0 Å². The fraction of sp³-hybridized carbons (Fsp3) is 0.0938. The first-order valence-electron chi connectivity index (χ1n) is 11.5. The predicted octanol–water partition coefficient (Wildman–Crippen LogP) is 8.87. The first-order chi connectivity index (χ1) is 16.2. The van der Waals surface area contributed by atoms with E-state index in [1.807, 2.05) is 18.3 Å². The van der Waals surface area contributed by atoms with Gasteiger partial charge in [0, 0.05) is 11.8 Å². The quantitative estimate of drug-likeness (QED) is 0.274. The van der Waals surface area contributed by atoms with Crippen molar-refractivity contribution in [2.24, 2.45) is 0 Å². The lowest BCUT2D eigenvalue weighted by Crippen LogP contribution is -1.95. The van der Waals surface area contributed by atoms with Crippen molar-refractivity contribution in [1.82, 2.24) is 4.98 Å². The molecule has 0 spiro atoms. The van der Waals surface area contributed by atoms with Crippen LogP contribution in [0.15, 0.2) is 121 Å². The van der Waals surface area contributed by atoms with E-state index in [2.05, 4.69) is 122 Å². The summed E-state index contributed by atoms with van der Waals surface area (Å²) < 4.78 is 0. The molecule has 1 aromatic heterocycles. The molecular weight excluding hydrogens is 398 g/mol. The molecule has 0 aliphatic carbocycles. The van der Waals surface area contributed by atoms with Gasteiger partial charge in [-0.05, 0) is 81.3 Å². The van der Waals surface area contributed by atoms with E-state index in [1.165, 1.54) is 38.9 Å². The zero-order chi connectivity index (χ0) is 22.6. The average molecular weight is 426 g/mol. The Labute approximate surface area is 196 Å². The maximum absolute atomic E-state index is 4.59. The molecule has 0 amide bonds. The summed E-state index contributed by atoms with van der Waals surface area (Å²) in [5.74, 6) is 0.415. The topological polar surface area (TPSA) is 12.9 Å². The SMILES string of the molecule is CC(C)c1ccc(-c2ccccn2)cc1-c1cc(-c2ccccc2)cc(-c2ccccc2)c1. The molecule has 0 N–H and O–H groups in total. The first kappa shape index (κ1) is 20.9. The predicted molar refractivity (Wildman–Crippen MR) is 140 cm³/mol. The van der Waals surface area contributed by atoms with Gasteiger partial charge in [0.1, 0.15) is 0 Å². The van der Waals surface area contributed by atoms with Gasteiger partial charge in [0.05, 0.1) is 5.69 Å². The molecule has 0 radical (unpaired) electrons. The lowest BCUT2D eigenvalue weighted by atomic mass is 9.87. The molecule has 5 aromatic rings. The first-order valence-corrected chi connectivity index (χ1v) is 11.5. The third-order valence-electron chi connectivity index (χ3n) is 6.09. The highest BCUT2D eigenvalue weighted by Crippen LogP contribution is 2.37. The molecule has 0 fully saturated rings. The summed E-state index contributed by atoms with van der Waals surface area (Å²) in [6.45, 7) is 4.52. The summed E-state index contributed by atoms with van der Waals surface area (Å²) in [5, 5.41) is 0. The van der Waals surface area contributed by atoms with Crippen LogP contribution in [0.3, 0.4) is 0 Å². The molecule has 1 nitrogen and oxygen atoms in total. The van der Waals surface area contributed by atoms with Crippen LogP contribution >= 0.6 is 0 Å². The minimum absolute atomic E-state index is 0.415. The lowest BCUT2D eigenvalue weighted by Gasteiger charge is -2.17. The smallest absolute Gasteiger partial charge is 0.0702 e. The number of rotatable bonds is 5. The summed E-state index contributed by atoms with van der Waals surface area (Å²) in [7, 11) is 0. The summed E-state index contributed by atoms with van der Waals surface area (Å²) in [6, 6.07) is 41.1. The lowest BCUT2D eigenvalue weighted by molar-refractivity contribution is 0.869. The van der Waals surface area contributed by atoms with Gasteiger partial charge in [0.2, 0.25) is 0 Å². The molecule has 4 aromatic carbocycles. The van der Waals surface area contributed by atoms with Crippen LogP contribution < -0.4 is 0 Å². The zero-order valence-electron chi connectivity index (χ0n) is 19.1. The van der Waals surface area contributed by atoms with Crippen molar-refractivity contribution >= 4 is 0 Å². The highest BCUT2D eigenvalue weighted by molar-refractivity contribution is 5.84. The van der Waals surface area contributed by atoms with Crippen LogP contribution in [0.5, 0.6) is 0 Å². The highest BCUT2D eigenvalue weighted by Gasteiger charge is 2.14. The van der Waals surface area contributed by atoms with E-state index >= 15 is 0 Å².